The molecule has 2 atom stereocenters. The van der Waals surface area contributed by atoms with Gasteiger partial charge in [-0.2, -0.15) is 0 Å². The van der Waals surface area contributed by atoms with Crippen LogP contribution < -0.4 is 15.8 Å². The Kier molecular flexibility index (Phi) is 12.4. The van der Waals surface area contributed by atoms with Crippen molar-refractivity contribution < 1.29 is 16.8 Å². The maximum Gasteiger partial charge on any atom is 0.255 e. The molecule has 12 heteroatoms. The predicted molar refractivity (Wildman–Crippen MR) is 94.1 cm³/mol. The van der Waals surface area contributed by atoms with Gasteiger partial charge in [0.25, 0.3) is 7.12 Å². The van der Waals surface area contributed by atoms with E-state index >= 15 is 0 Å². The van der Waals surface area contributed by atoms with Gasteiger partial charge in [0, 0.05) is 13.1 Å². The summed E-state index contributed by atoms with van der Waals surface area (Å²) in [6, 6.07) is 0. The van der Waals surface area contributed by atoms with E-state index in [1.165, 1.54) is 0 Å². The third-order valence-electron chi connectivity index (χ3n) is 3.43. The molecule has 2 heterocycles. The molecular weight excluding hydrogens is 372 g/mol. The summed E-state index contributed by atoms with van der Waals surface area (Å²) in [5.41, 5.74) is 0. The molecule has 0 aromatic heterocycles. The lowest BCUT2D eigenvalue weighted by Gasteiger charge is -2.20. The maximum atomic E-state index is 10.7. The van der Waals surface area contributed by atoms with Crippen molar-refractivity contribution in [1.82, 2.24) is 10.6 Å². The number of hydrogen-bond donors (Lipinski definition) is 3. The fourth-order valence-electron chi connectivity index (χ4n) is 2.20. The van der Waals surface area contributed by atoms with Crippen molar-refractivity contribution in [2.24, 2.45) is 5.14 Å². The lowest BCUT2D eigenvalue weighted by atomic mass is 10.2. The molecule has 0 amide bonds. The van der Waals surface area contributed by atoms with E-state index in [9.17, 15) is 16.8 Å². The number of nitrogens with one attached hydrogen (secondary N) is 2. The van der Waals surface area contributed by atoms with Crippen molar-refractivity contribution in [2.45, 2.75) is 36.2 Å². The van der Waals surface area contributed by atoms with E-state index in [1.54, 1.807) is 0 Å². The molecule has 2 aliphatic rings. The summed E-state index contributed by atoms with van der Waals surface area (Å²) >= 11 is 0. The van der Waals surface area contributed by atoms with Crippen LogP contribution in [-0.4, -0.2) is 60.6 Å². The zero-order valence-corrected chi connectivity index (χ0v) is 15.5. The topological polar surface area (TPSA) is 118 Å². The molecule has 2 fully saturated rings. The lowest BCUT2D eigenvalue weighted by Crippen LogP contribution is -2.41. The van der Waals surface area contributed by atoms with Gasteiger partial charge in [0.15, 0.2) is 0 Å². The first kappa shape index (κ1) is 24.7. The van der Waals surface area contributed by atoms with Gasteiger partial charge in [0.2, 0.25) is 10.0 Å². The highest BCUT2D eigenvalue weighted by atomic mass is 35.5. The van der Waals surface area contributed by atoms with Crippen LogP contribution in [0.5, 0.6) is 0 Å². The third kappa shape index (κ3) is 9.54. The number of rotatable bonds is 2. The van der Waals surface area contributed by atoms with Gasteiger partial charge in [-0.25, -0.2) is 22.0 Å². The van der Waals surface area contributed by atoms with Crippen molar-refractivity contribution in [3.8, 4) is 0 Å². The average Bonchev–Trinajstić information content (AvgIpc) is 2.40. The van der Waals surface area contributed by atoms with E-state index in [4.69, 9.17) is 12.3 Å². The molecule has 0 saturated carbocycles. The predicted octanol–water partition coefficient (Wildman–Crippen LogP) is -0.893. The molecule has 0 bridgehead atoms. The second-order valence-corrected chi connectivity index (χ2v) is 8.80. The minimum absolute atomic E-state index is 0. The zero-order chi connectivity index (χ0) is 15.2. The minimum atomic E-state index is -3.29. The van der Waals surface area contributed by atoms with Crippen molar-refractivity contribution in [3.63, 3.8) is 0 Å². The van der Waals surface area contributed by atoms with Gasteiger partial charge in [-0.15, -0.1) is 24.8 Å². The molecule has 0 spiro atoms. The monoisotopic (exact) mass is 395 g/mol. The summed E-state index contributed by atoms with van der Waals surface area (Å²) in [6.45, 7) is 2.84. The van der Waals surface area contributed by atoms with Crippen LogP contribution in [0, 0.1) is 0 Å². The fourth-order valence-corrected chi connectivity index (χ4v) is 3.89. The smallest absolute Gasteiger partial charge is 0.255 e. The van der Waals surface area contributed by atoms with Gasteiger partial charge in [-0.3, -0.25) is 0 Å². The largest absolute Gasteiger partial charge is 0.315 e. The van der Waals surface area contributed by atoms with Crippen LogP contribution >= 0.6 is 24.8 Å². The molecule has 22 heavy (non-hydrogen) atoms. The second-order valence-electron chi connectivity index (χ2n) is 5.11. The number of halogens is 2. The van der Waals surface area contributed by atoms with Crippen LogP contribution in [0.3, 0.4) is 0 Å². The SMILES string of the molecule is Cl.Cl.NS(=O)(=O)[C@@H]1CCCNC1.[B]S(=O)(=O)[C@H]1CCCNC1. The van der Waals surface area contributed by atoms with E-state index < -0.39 is 19.7 Å². The highest BCUT2D eigenvalue weighted by molar-refractivity contribution is 8.12. The zero-order valence-electron chi connectivity index (χ0n) is 12.2. The Balaban J connectivity index is 0. The number of sulfonamides is 1. The molecule has 7 nitrogen and oxygen atoms in total. The van der Waals surface area contributed by atoms with Crippen LogP contribution in [0.15, 0.2) is 0 Å². The molecule has 2 saturated heterocycles. The van der Waals surface area contributed by atoms with Crippen LogP contribution in [0.1, 0.15) is 25.7 Å². The van der Waals surface area contributed by atoms with Crippen LogP contribution in [0.25, 0.3) is 0 Å². The van der Waals surface area contributed by atoms with Gasteiger partial charge in [0.05, 0.1) is 20.2 Å². The highest BCUT2D eigenvalue weighted by Crippen LogP contribution is 2.09. The van der Waals surface area contributed by atoms with Gasteiger partial charge in [-0.1, -0.05) is 0 Å². The van der Waals surface area contributed by atoms with Crippen molar-refractivity contribution >= 4 is 51.7 Å². The van der Waals surface area contributed by atoms with Crippen molar-refractivity contribution in [3.05, 3.63) is 0 Å². The first-order valence-electron chi connectivity index (χ1n) is 6.66. The molecule has 2 radical (unpaired) electrons. The quantitative estimate of drug-likeness (QED) is 0.521. The van der Waals surface area contributed by atoms with E-state index in [0.717, 1.165) is 25.9 Å². The van der Waals surface area contributed by atoms with E-state index in [0.29, 0.717) is 25.9 Å². The normalized spacial score (nSPS) is 25.7. The van der Waals surface area contributed by atoms with Crippen molar-refractivity contribution in [1.29, 1.82) is 0 Å². The maximum absolute atomic E-state index is 10.7. The van der Waals surface area contributed by atoms with Gasteiger partial charge in [-0.05, 0) is 38.8 Å². The summed E-state index contributed by atoms with van der Waals surface area (Å²) in [5.74, 6) is 0. The fraction of sp³-hybridized carbons (Fsp3) is 1.00. The van der Waals surface area contributed by atoms with Gasteiger partial charge >= 0.3 is 0 Å². The number of hydrogen-bond acceptors (Lipinski definition) is 6. The molecule has 0 aromatic rings. The second kappa shape index (κ2) is 11.1. The summed E-state index contributed by atoms with van der Waals surface area (Å²) in [5, 5.41) is 10.2. The van der Waals surface area contributed by atoms with Crippen LogP contribution in [0.2, 0.25) is 0 Å². The Morgan fingerprint density at radius 2 is 1.27 bits per heavy atom. The number of nitrogens with two attached hydrogens (primary N) is 1. The molecule has 2 aliphatic heterocycles. The Morgan fingerprint density at radius 1 is 0.864 bits per heavy atom. The third-order valence-corrected chi connectivity index (χ3v) is 6.10. The van der Waals surface area contributed by atoms with E-state index in [2.05, 4.69) is 10.6 Å². The Hall–Kier alpha value is 0.425. The molecule has 0 aliphatic carbocycles. The van der Waals surface area contributed by atoms with Crippen LogP contribution in [0.4, 0.5) is 0 Å². The molecule has 0 unspecified atom stereocenters. The number of piperidine rings is 2. The first-order chi connectivity index (χ1) is 9.21. The van der Waals surface area contributed by atoms with Crippen LogP contribution in [-0.2, 0) is 19.7 Å². The molecular formula is C10H24BCl2N3O4S2. The molecule has 0 aromatic carbocycles. The lowest BCUT2D eigenvalue weighted by molar-refractivity contribution is 0.497. The Labute approximate surface area is 146 Å². The number of primary sulfonamides is 1. The Bertz CT molecular complexity index is 446. The summed E-state index contributed by atoms with van der Waals surface area (Å²) in [7, 11) is -1.63. The molecule has 2 rings (SSSR count). The molecule has 132 valence electrons. The van der Waals surface area contributed by atoms with Gasteiger partial charge < -0.3 is 10.6 Å². The van der Waals surface area contributed by atoms with Gasteiger partial charge in [0.1, 0.15) is 0 Å². The minimum Gasteiger partial charge on any atom is -0.315 e. The standard InChI is InChI=1S/C5H10BNO2S.C5H12N2O2S.2ClH/c2*6-10(8,9)5-2-1-3-7-4-5;;/h5,7H,1-4H2;5,7H,1-4H2,(H2,6,8,9);2*1H/t2*5-;;/m01../s1. The highest BCUT2D eigenvalue weighted by Gasteiger charge is 2.23. The summed E-state index contributed by atoms with van der Waals surface area (Å²) in [4.78, 5) is 0. The first-order valence-corrected chi connectivity index (χ1v) is 9.88. The van der Waals surface area contributed by atoms with E-state index in [1.807, 2.05) is 0 Å². The summed E-state index contributed by atoms with van der Waals surface area (Å²) in [6.07, 6.45) is 3.21. The summed E-state index contributed by atoms with van der Waals surface area (Å²) < 4.78 is 42.9. The Morgan fingerprint density at radius 3 is 1.45 bits per heavy atom. The van der Waals surface area contributed by atoms with E-state index in [-0.39, 0.29) is 35.3 Å². The molecule has 4 N–H and O–H groups in total. The average molecular weight is 396 g/mol. The van der Waals surface area contributed by atoms with Crippen molar-refractivity contribution in [2.75, 3.05) is 26.2 Å².